The summed E-state index contributed by atoms with van der Waals surface area (Å²) in [7, 11) is 1.71. The van der Waals surface area contributed by atoms with E-state index in [9.17, 15) is 9.18 Å². The lowest BCUT2D eigenvalue weighted by Crippen LogP contribution is -2.46. The van der Waals surface area contributed by atoms with Crippen molar-refractivity contribution in [3.63, 3.8) is 0 Å². The Morgan fingerprint density at radius 1 is 1.06 bits per heavy atom. The Hall–Kier alpha value is -3.19. The molecule has 1 aliphatic rings. The molecule has 2 heterocycles. The van der Waals surface area contributed by atoms with Crippen molar-refractivity contribution < 1.29 is 13.9 Å². The third kappa shape index (κ3) is 5.34. The normalized spacial score (nSPS) is 14.5. The fraction of sp³-hybridized carbons (Fsp3) is 0.360. The van der Waals surface area contributed by atoms with Crippen LogP contribution in [0.2, 0.25) is 0 Å². The molecule has 2 aromatic carbocycles. The van der Waals surface area contributed by atoms with E-state index in [1.807, 2.05) is 18.2 Å². The molecule has 1 aromatic heterocycles. The molecule has 0 atom stereocenters. The van der Waals surface area contributed by atoms with Crippen LogP contribution in [0.25, 0.3) is 10.9 Å². The van der Waals surface area contributed by atoms with Gasteiger partial charge in [-0.3, -0.25) is 9.69 Å². The van der Waals surface area contributed by atoms with Crippen molar-refractivity contribution >= 4 is 22.5 Å². The maximum Gasteiger partial charge on any atom is 0.269 e. The zero-order valence-electron chi connectivity index (χ0n) is 18.4. The van der Waals surface area contributed by atoms with Crippen LogP contribution >= 0.6 is 0 Å². The molecule has 0 unspecified atom stereocenters. The van der Waals surface area contributed by atoms with E-state index in [-0.39, 0.29) is 11.7 Å². The number of hydrogen-bond donors (Lipinski definition) is 1. The fourth-order valence-electron chi connectivity index (χ4n) is 4.08. The Morgan fingerprint density at radius 2 is 1.88 bits per heavy atom. The first-order valence-electron chi connectivity index (χ1n) is 11.1. The number of rotatable bonds is 8. The third-order valence-electron chi connectivity index (χ3n) is 5.87. The molecule has 168 valence electrons. The maximum atomic E-state index is 13.3. The van der Waals surface area contributed by atoms with Crippen LogP contribution in [0.3, 0.4) is 0 Å². The van der Waals surface area contributed by atoms with Gasteiger partial charge in [0.1, 0.15) is 17.3 Å². The standard InChI is InChI=1S/C25H29FN4O2/c1-32-24-7-3-2-6-23(24)30-16-14-29(15-17-30)13-5-4-12-27-25(31)22-10-8-19-18-20(26)9-11-21(19)28-22/h2-3,6-11,18H,4-5,12-17H2,1H3,(H,27,31). The fourth-order valence-corrected chi connectivity index (χ4v) is 4.08. The number of fused-ring (bicyclic) bond motifs is 1. The minimum absolute atomic E-state index is 0.193. The SMILES string of the molecule is COc1ccccc1N1CCN(CCCCNC(=O)c2ccc3cc(F)ccc3n2)CC1. The van der Waals surface area contributed by atoms with Gasteiger partial charge in [-0.05, 0) is 55.8 Å². The molecule has 1 amide bonds. The lowest BCUT2D eigenvalue weighted by molar-refractivity contribution is 0.0948. The molecule has 1 fully saturated rings. The first kappa shape index (κ1) is 22.0. The van der Waals surface area contributed by atoms with Gasteiger partial charge in [0.2, 0.25) is 0 Å². The van der Waals surface area contributed by atoms with Crippen molar-refractivity contribution in [2.75, 3.05) is 51.3 Å². The molecule has 0 saturated carbocycles. The van der Waals surface area contributed by atoms with Gasteiger partial charge in [0.15, 0.2) is 0 Å². The molecule has 32 heavy (non-hydrogen) atoms. The lowest BCUT2D eigenvalue weighted by atomic mass is 10.2. The number of hydrogen-bond acceptors (Lipinski definition) is 5. The molecule has 1 aliphatic heterocycles. The number of benzene rings is 2. The second kappa shape index (κ2) is 10.4. The molecular formula is C25H29FN4O2. The summed E-state index contributed by atoms with van der Waals surface area (Å²) < 4.78 is 18.8. The minimum Gasteiger partial charge on any atom is -0.495 e. The van der Waals surface area contributed by atoms with E-state index in [4.69, 9.17) is 4.74 Å². The van der Waals surface area contributed by atoms with Crippen LogP contribution in [0.15, 0.2) is 54.6 Å². The van der Waals surface area contributed by atoms with Crippen molar-refractivity contribution in [2.24, 2.45) is 0 Å². The number of para-hydroxylation sites is 2. The molecular weight excluding hydrogens is 407 g/mol. The highest BCUT2D eigenvalue weighted by molar-refractivity contribution is 5.94. The number of halogens is 1. The number of methoxy groups -OCH3 is 1. The predicted octanol–water partition coefficient (Wildman–Crippen LogP) is 3.71. The van der Waals surface area contributed by atoms with E-state index in [1.165, 1.54) is 12.1 Å². The minimum atomic E-state index is -0.308. The number of ether oxygens (including phenoxy) is 1. The van der Waals surface area contributed by atoms with E-state index in [0.29, 0.717) is 23.1 Å². The zero-order valence-corrected chi connectivity index (χ0v) is 18.4. The number of nitrogens with zero attached hydrogens (tertiary/aromatic N) is 3. The summed E-state index contributed by atoms with van der Waals surface area (Å²) in [6.45, 7) is 5.64. The van der Waals surface area contributed by atoms with Gasteiger partial charge in [-0.1, -0.05) is 18.2 Å². The van der Waals surface area contributed by atoms with Crippen molar-refractivity contribution in [3.05, 3.63) is 66.1 Å². The number of amides is 1. The Morgan fingerprint density at radius 3 is 2.69 bits per heavy atom. The highest BCUT2D eigenvalue weighted by atomic mass is 19.1. The summed E-state index contributed by atoms with van der Waals surface area (Å²) in [6.07, 6.45) is 1.94. The zero-order chi connectivity index (χ0) is 22.3. The summed E-state index contributed by atoms with van der Waals surface area (Å²) in [5, 5.41) is 3.63. The van der Waals surface area contributed by atoms with Crippen molar-refractivity contribution in [3.8, 4) is 5.75 Å². The topological polar surface area (TPSA) is 57.7 Å². The Labute approximate surface area is 188 Å². The molecule has 1 N–H and O–H groups in total. The van der Waals surface area contributed by atoms with E-state index in [1.54, 1.807) is 25.3 Å². The van der Waals surface area contributed by atoms with E-state index >= 15 is 0 Å². The van der Waals surface area contributed by atoms with Crippen LogP contribution in [0.5, 0.6) is 5.75 Å². The number of nitrogens with one attached hydrogen (secondary N) is 1. The van der Waals surface area contributed by atoms with Gasteiger partial charge >= 0.3 is 0 Å². The molecule has 0 spiro atoms. The van der Waals surface area contributed by atoms with Gasteiger partial charge in [0.25, 0.3) is 5.91 Å². The second-order valence-electron chi connectivity index (χ2n) is 8.00. The van der Waals surface area contributed by atoms with Crippen LogP contribution in [0, 0.1) is 5.82 Å². The number of pyridine rings is 1. The van der Waals surface area contributed by atoms with Gasteiger partial charge in [0.05, 0.1) is 18.3 Å². The van der Waals surface area contributed by atoms with Crippen molar-refractivity contribution in [2.45, 2.75) is 12.8 Å². The maximum absolute atomic E-state index is 13.3. The number of piperazine rings is 1. The first-order valence-corrected chi connectivity index (χ1v) is 11.1. The van der Waals surface area contributed by atoms with Gasteiger partial charge < -0.3 is 15.0 Å². The van der Waals surface area contributed by atoms with Crippen LogP contribution in [0.4, 0.5) is 10.1 Å². The Balaban J connectivity index is 1.16. The molecule has 0 bridgehead atoms. The molecule has 4 rings (SSSR count). The predicted molar refractivity (Wildman–Crippen MR) is 125 cm³/mol. The number of unbranched alkanes of at least 4 members (excludes halogenated alkanes) is 1. The summed E-state index contributed by atoms with van der Waals surface area (Å²) in [5.41, 5.74) is 2.13. The summed E-state index contributed by atoms with van der Waals surface area (Å²) >= 11 is 0. The molecule has 0 aliphatic carbocycles. The Kier molecular flexibility index (Phi) is 7.17. The largest absolute Gasteiger partial charge is 0.495 e. The summed E-state index contributed by atoms with van der Waals surface area (Å²) in [4.78, 5) is 21.5. The second-order valence-corrected chi connectivity index (χ2v) is 8.00. The van der Waals surface area contributed by atoms with Crippen molar-refractivity contribution in [1.29, 1.82) is 0 Å². The highest BCUT2D eigenvalue weighted by Crippen LogP contribution is 2.28. The van der Waals surface area contributed by atoms with Crippen LogP contribution in [0.1, 0.15) is 23.3 Å². The quantitative estimate of drug-likeness (QED) is 0.546. The first-order chi connectivity index (χ1) is 15.6. The van der Waals surface area contributed by atoms with Crippen LogP contribution in [-0.4, -0.2) is 62.2 Å². The molecule has 0 radical (unpaired) electrons. The number of anilines is 1. The number of aromatic nitrogens is 1. The third-order valence-corrected chi connectivity index (χ3v) is 5.87. The highest BCUT2D eigenvalue weighted by Gasteiger charge is 2.19. The van der Waals surface area contributed by atoms with Crippen molar-refractivity contribution in [1.82, 2.24) is 15.2 Å². The smallest absolute Gasteiger partial charge is 0.269 e. The van der Waals surface area contributed by atoms with Gasteiger partial charge in [0, 0.05) is 38.1 Å². The Bertz CT molecular complexity index is 1070. The lowest BCUT2D eigenvalue weighted by Gasteiger charge is -2.36. The van der Waals surface area contributed by atoms with Gasteiger partial charge in [-0.15, -0.1) is 0 Å². The number of carbonyl (C=O) groups excluding carboxylic acids is 1. The molecule has 6 nitrogen and oxygen atoms in total. The average Bonchev–Trinajstić information content (AvgIpc) is 2.83. The summed E-state index contributed by atoms with van der Waals surface area (Å²) in [5.74, 6) is 0.420. The van der Waals surface area contributed by atoms with Gasteiger partial charge in [-0.2, -0.15) is 0 Å². The van der Waals surface area contributed by atoms with E-state index in [2.05, 4.69) is 26.2 Å². The summed E-state index contributed by atoms with van der Waals surface area (Å²) in [6, 6.07) is 15.9. The molecule has 3 aromatic rings. The number of carbonyl (C=O) groups is 1. The van der Waals surface area contributed by atoms with Gasteiger partial charge in [-0.25, -0.2) is 9.37 Å². The van der Waals surface area contributed by atoms with E-state index < -0.39 is 0 Å². The molecule has 1 saturated heterocycles. The van der Waals surface area contributed by atoms with E-state index in [0.717, 1.165) is 57.0 Å². The molecule has 7 heteroatoms. The average molecular weight is 437 g/mol. The monoisotopic (exact) mass is 436 g/mol. The van der Waals surface area contributed by atoms with Crippen LogP contribution < -0.4 is 15.0 Å². The van der Waals surface area contributed by atoms with Crippen LogP contribution in [-0.2, 0) is 0 Å².